The van der Waals surface area contributed by atoms with Crippen LogP contribution in [0.5, 0.6) is 0 Å². The van der Waals surface area contributed by atoms with Crippen molar-refractivity contribution in [3.8, 4) is 0 Å². The number of benzene rings is 1. The molecule has 5 heteroatoms. The third-order valence-corrected chi connectivity index (χ3v) is 4.30. The zero-order valence-corrected chi connectivity index (χ0v) is 12.8. The van der Waals surface area contributed by atoms with Crippen LogP contribution in [0.3, 0.4) is 0 Å². The molecule has 1 aromatic carbocycles. The molecule has 0 spiro atoms. The number of imide groups is 1. The Morgan fingerprint density at radius 2 is 1.61 bits per heavy atom. The molecule has 0 aliphatic carbocycles. The van der Waals surface area contributed by atoms with Crippen molar-refractivity contribution in [1.82, 2.24) is 14.5 Å². The zero-order valence-electron chi connectivity index (χ0n) is 12.8. The van der Waals surface area contributed by atoms with E-state index in [4.69, 9.17) is 0 Å². The average molecular weight is 305 g/mol. The minimum atomic E-state index is -0.347. The van der Waals surface area contributed by atoms with Gasteiger partial charge in [-0.25, -0.2) is 0 Å². The van der Waals surface area contributed by atoms with Crippen molar-refractivity contribution < 1.29 is 9.59 Å². The summed E-state index contributed by atoms with van der Waals surface area (Å²) in [4.78, 5) is 24.8. The quantitative estimate of drug-likeness (QED) is 0.737. The fourth-order valence-electron chi connectivity index (χ4n) is 3.22. The summed E-state index contributed by atoms with van der Waals surface area (Å²) in [5.74, 6) is -0.692. The highest BCUT2D eigenvalue weighted by molar-refractivity contribution is 6.49. The maximum absolute atomic E-state index is 12.4. The summed E-state index contributed by atoms with van der Waals surface area (Å²) in [6, 6.07) is 11.6. The van der Waals surface area contributed by atoms with Gasteiger partial charge in [0.05, 0.1) is 16.8 Å². The largest absolute Gasteiger partial charge is 0.350 e. The van der Waals surface area contributed by atoms with Gasteiger partial charge in [0, 0.05) is 43.0 Å². The van der Waals surface area contributed by atoms with E-state index in [2.05, 4.69) is 5.32 Å². The van der Waals surface area contributed by atoms with Crippen LogP contribution < -0.4 is 5.32 Å². The number of aryl methyl sites for hydroxylation is 2. The van der Waals surface area contributed by atoms with E-state index >= 15 is 0 Å². The van der Waals surface area contributed by atoms with E-state index in [0.29, 0.717) is 11.1 Å². The Balaban J connectivity index is 2.07. The third-order valence-electron chi connectivity index (χ3n) is 4.30. The molecular weight excluding hydrogens is 290 g/mol. The summed E-state index contributed by atoms with van der Waals surface area (Å²) < 4.78 is 3.81. The van der Waals surface area contributed by atoms with Crippen molar-refractivity contribution in [3.05, 3.63) is 60.0 Å². The Bertz CT molecular complexity index is 1000. The minimum Gasteiger partial charge on any atom is -0.350 e. The summed E-state index contributed by atoms with van der Waals surface area (Å²) in [5, 5.41) is 3.39. The van der Waals surface area contributed by atoms with E-state index < -0.39 is 0 Å². The molecule has 2 amide bonds. The highest BCUT2D eigenvalue weighted by Gasteiger charge is 2.34. The van der Waals surface area contributed by atoms with Crippen LogP contribution in [-0.2, 0) is 23.7 Å². The summed E-state index contributed by atoms with van der Waals surface area (Å²) in [5.41, 5.74) is 3.40. The zero-order chi connectivity index (χ0) is 16.1. The van der Waals surface area contributed by atoms with Crippen LogP contribution in [0, 0.1) is 0 Å². The second kappa shape index (κ2) is 4.71. The first-order chi connectivity index (χ1) is 11.1. The lowest BCUT2D eigenvalue weighted by atomic mass is 9.99. The number of fused-ring (bicyclic) bond motifs is 1. The smallest absolute Gasteiger partial charge is 0.261 e. The number of aromatic nitrogens is 2. The molecule has 4 rings (SSSR count). The Kier molecular flexibility index (Phi) is 2.78. The monoisotopic (exact) mass is 305 g/mol. The van der Waals surface area contributed by atoms with Gasteiger partial charge in [-0.2, -0.15) is 0 Å². The molecule has 1 aliphatic rings. The third kappa shape index (κ3) is 1.86. The summed E-state index contributed by atoms with van der Waals surface area (Å²) in [6.45, 7) is 0. The van der Waals surface area contributed by atoms with Gasteiger partial charge in [-0.15, -0.1) is 0 Å². The fraction of sp³-hybridized carbons (Fsp3) is 0.111. The van der Waals surface area contributed by atoms with Crippen LogP contribution in [0.4, 0.5) is 0 Å². The minimum absolute atomic E-state index is 0.345. The number of nitrogens with one attached hydrogen (secondary N) is 1. The van der Waals surface area contributed by atoms with Crippen LogP contribution in [0.25, 0.3) is 22.0 Å². The maximum Gasteiger partial charge on any atom is 0.261 e. The van der Waals surface area contributed by atoms with Gasteiger partial charge in [0.1, 0.15) is 0 Å². The highest BCUT2D eigenvalue weighted by atomic mass is 16.2. The van der Waals surface area contributed by atoms with Gasteiger partial charge >= 0.3 is 0 Å². The van der Waals surface area contributed by atoms with Gasteiger partial charge in [0.25, 0.3) is 11.8 Å². The Morgan fingerprint density at radius 3 is 2.35 bits per heavy atom. The number of rotatable bonds is 2. The Hall–Kier alpha value is -3.08. The molecule has 3 heterocycles. The number of amides is 2. The SMILES string of the molecule is Cn1cccc1C1=C(c2cn(C)c3ccccc23)C(=O)NC1=O. The lowest BCUT2D eigenvalue weighted by Crippen LogP contribution is -2.23. The van der Waals surface area contributed by atoms with E-state index in [1.165, 1.54) is 0 Å². The molecule has 2 aromatic heterocycles. The van der Waals surface area contributed by atoms with Crippen molar-refractivity contribution in [2.45, 2.75) is 0 Å². The molecule has 0 saturated heterocycles. The second-order valence-electron chi connectivity index (χ2n) is 5.71. The molecule has 1 N–H and O–H groups in total. The molecule has 1 aliphatic heterocycles. The number of carbonyl (C=O) groups excluding carboxylic acids is 2. The molecule has 23 heavy (non-hydrogen) atoms. The van der Waals surface area contributed by atoms with E-state index in [-0.39, 0.29) is 11.8 Å². The number of carbonyl (C=O) groups is 2. The van der Waals surface area contributed by atoms with E-state index in [1.807, 2.05) is 72.0 Å². The van der Waals surface area contributed by atoms with Gasteiger partial charge in [-0.3, -0.25) is 14.9 Å². The number of nitrogens with zero attached hydrogens (tertiary/aromatic N) is 2. The predicted octanol–water partition coefficient (Wildman–Crippen LogP) is 2.08. The standard InChI is InChI=1S/C18H15N3O2/c1-20-9-5-8-14(20)16-15(17(22)19-18(16)23)12-10-21(2)13-7-4-3-6-11(12)13/h3-10H,1-2H3,(H,19,22,23). The first kappa shape index (κ1) is 13.6. The van der Waals surface area contributed by atoms with Crippen molar-refractivity contribution in [2.24, 2.45) is 14.1 Å². The lowest BCUT2D eigenvalue weighted by Gasteiger charge is -2.05. The lowest BCUT2D eigenvalue weighted by molar-refractivity contribution is -0.122. The predicted molar refractivity (Wildman–Crippen MR) is 88.3 cm³/mol. The first-order valence-electron chi connectivity index (χ1n) is 7.34. The summed E-state index contributed by atoms with van der Waals surface area (Å²) in [7, 11) is 3.79. The summed E-state index contributed by atoms with van der Waals surface area (Å²) >= 11 is 0. The second-order valence-corrected chi connectivity index (χ2v) is 5.71. The highest BCUT2D eigenvalue weighted by Crippen LogP contribution is 2.35. The van der Waals surface area contributed by atoms with Crippen LogP contribution in [0.15, 0.2) is 48.8 Å². The Labute approximate surface area is 132 Å². The molecule has 0 unspecified atom stereocenters. The van der Waals surface area contributed by atoms with Crippen LogP contribution >= 0.6 is 0 Å². The van der Waals surface area contributed by atoms with Gasteiger partial charge in [0.2, 0.25) is 0 Å². The van der Waals surface area contributed by atoms with Crippen molar-refractivity contribution >= 4 is 33.9 Å². The molecule has 0 fully saturated rings. The number of hydrogen-bond acceptors (Lipinski definition) is 2. The average Bonchev–Trinajstić information content (AvgIpc) is 3.16. The van der Waals surface area contributed by atoms with Gasteiger partial charge in [-0.1, -0.05) is 18.2 Å². The van der Waals surface area contributed by atoms with Crippen LogP contribution in [0.1, 0.15) is 11.3 Å². The Morgan fingerprint density at radius 1 is 0.870 bits per heavy atom. The van der Waals surface area contributed by atoms with Gasteiger partial charge in [0.15, 0.2) is 0 Å². The topological polar surface area (TPSA) is 56.0 Å². The van der Waals surface area contributed by atoms with Crippen molar-refractivity contribution in [2.75, 3.05) is 0 Å². The molecule has 0 radical (unpaired) electrons. The van der Waals surface area contributed by atoms with Gasteiger partial charge < -0.3 is 9.13 Å². The van der Waals surface area contributed by atoms with Crippen LogP contribution in [-0.4, -0.2) is 20.9 Å². The van der Waals surface area contributed by atoms with E-state index in [9.17, 15) is 9.59 Å². The maximum atomic E-state index is 12.4. The molecule has 3 aromatic rings. The normalized spacial score (nSPS) is 14.9. The van der Waals surface area contributed by atoms with Crippen LogP contribution in [0.2, 0.25) is 0 Å². The first-order valence-corrected chi connectivity index (χ1v) is 7.34. The molecule has 0 saturated carbocycles. The van der Waals surface area contributed by atoms with Crippen molar-refractivity contribution in [1.29, 1.82) is 0 Å². The number of hydrogen-bond donors (Lipinski definition) is 1. The fourth-order valence-corrected chi connectivity index (χ4v) is 3.22. The van der Waals surface area contributed by atoms with Gasteiger partial charge in [-0.05, 0) is 18.2 Å². The number of para-hydroxylation sites is 1. The summed E-state index contributed by atoms with van der Waals surface area (Å²) in [6.07, 6.45) is 3.76. The van der Waals surface area contributed by atoms with Crippen molar-refractivity contribution in [3.63, 3.8) is 0 Å². The molecular formula is C18H15N3O2. The van der Waals surface area contributed by atoms with E-state index in [0.717, 1.165) is 22.2 Å². The van der Waals surface area contributed by atoms with E-state index in [1.54, 1.807) is 0 Å². The molecule has 0 atom stereocenters. The molecule has 0 bridgehead atoms. The molecule has 5 nitrogen and oxygen atoms in total. The molecule has 114 valence electrons.